The summed E-state index contributed by atoms with van der Waals surface area (Å²) in [6.45, 7) is 3.38. The van der Waals surface area contributed by atoms with Crippen LogP contribution in [0, 0.1) is 0 Å². The van der Waals surface area contributed by atoms with Crippen molar-refractivity contribution in [3.63, 3.8) is 0 Å². The Morgan fingerprint density at radius 1 is 0.508 bits per heavy atom. The lowest BCUT2D eigenvalue weighted by Crippen LogP contribution is -2.29. The fraction of sp³-hybridized carbons (Fsp3) is 0.551. The van der Waals surface area contributed by atoms with Crippen molar-refractivity contribution < 1.29 is 37.6 Å². The molecule has 0 heterocycles. The molecule has 0 aliphatic carbocycles. The highest BCUT2D eigenvalue weighted by molar-refractivity contribution is 7.47. The van der Waals surface area contributed by atoms with Gasteiger partial charge in [0.05, 0.1) is 13.2 Å². The molecule has 0 saturated heterocycles. The number of carbonyl (C=O) groups excluding carboxylic acids is 2. The highest BCUT2D eigenvalue weighted by atomic mass is 31.2. The van der Waals surface area contributed by atoms with Crippen LogP contribution < -0.4 is 5.73 Å². The minimum atomic E-state index is -4.41. The molecule has 0 aliphatic rings. The lowest BCUT2D eigenvalue weighted by atomic mass is 10.1. The Hall–Kier alpha value is -3.59. The molecular weight excluding hydrogens is 762 g/mol. The Labute approximate surface area is 358 Å². The van der Waals surface area contributed by atoms with Crippen molar-refractivity contribution in [2.75, 3.05) is 26.4 Å². The van der Waals surface area contributed by atoms with Crippen LogP contribution in [0.1, 0.15) is 142 Å². The van der Waals surface area contributed by atoms with E-state index in [0.717, 1.165) is 103 Å². The Morgan fingerprint density at radius 2 is 0.898 bits per heavy atom. The summed E-state index contributed by atoms with van der Waals surface area (Å²) in [5, 5.41) is 0. The summed E-state index contributed by atoms with van der Waals surface area (Å²) in [6.07, 6.45) is 59.5. The summed E-state index contributed by atoms with van der Waals surface area (Å²) >= 11 is 0. The standard InChI is InChI=1S/C49H78NO8P/c1-3-5-7-9-11-13-15-17-19-21-22-23-24-26-28-30-32-34-36-38-40-42-49(52)58-47(46-57-59(53,54)56-44-43-50)45-55-48(51)41-39-37-35-33-31-29-27-25-20-18-16-14-12-10-8-6-4-2/h5-8,11-14,17-20,22-23,26-29,33,35,47H,3-4,9-10,15-16,21,24-25,30-32,34,36-46,50H2,1-2H3,(H,53,54)/b7-5-,8-6-,13-11-,14-12-,19-17-,20-18-,23-22-,28-26-,29-27-,35-33-. The first-order valence-electron chi connectivity index (χ1n) is 22.0. The average Bonchev–Trinajstić information content (AvgIpc) is 3.22. The summed E-state index contributed by atoms with van der Waals surface area (Å²) in [5.74, 6) is -0.933. The second kappa shape index (κ2) is 44.0. The predicted molar refractivity (Wildman–Crippen MR) is 247 cm³/mol. The molecule has 0 fully saturated rings. The molecule has 0 aromatic rings. The van der Waals surface area contributed by atoms with Crippen LogP contribution in [0.2, 0.25) is 0 Å². The van der Waals surface area contributed by atoms with Gasteiger partial charge in [0.15, 0.2) is 6.10 Å². The van der Waals surface area contributed by atoms with Gasteiger partial charge in [-0.1, -0.05) is 155 Å². The molecule has 0 spiro atoms. The van der Waals surface area contributed by atoms with E-state index in [1.54, 1.807) is 0 Å². The van der Waals surface area contributed by atoms with Crippen molar-refractivity contribution >= 4 is 19.8 Å². The third-order valence-corrected chi connectivity index (χ3v) is 9.33. The Balaban J connectivity index is 4.31. The number of unbranched alkanes of at least 4 members (excludes halogenated alkanes) is 6. The maximum atomic E-state index is 12.6. The van der Waals surface area contributed by atoms with E-state index < -0.39 is 32.5 Å². The van der Waals surface area contributed by atoms with Crippen molar-refractivity contribution in [3.8, 4) is 0 Å². The highest BCUT2D eigenvalue weighted by Gasteiger charge is 2.25. The lowest BCUT2D eigenvalue weighted by molar-refractivity contribution is -0.161. The van der Waals surface area contributed by atoms with Gasteiger partial charge < -0.3 is 20.1 Å². The smallest absolute Gasteiger partial charge is 0.462 e. The summed E-state index contributed by atoms with van der Waals surface area (Å²) in [7, 11) is -4.41. The van der Waals surface area contributed by atoms with Crippen LogP contribution in [0.3, 0.4) is 0 Å². The Bertz CT molecular complexity index is 1370. The summed E-state index contributed by atoms with van der Waals surface area (Å²) < 4.78 is 32.7. The van der Waals surface area contributed by atoms with Crippen molar-refractivity contribution in [1.82, 2.24) is 0 Å². The van der Waals surface area contributed by atoms with Gasteiger partial charge in [0.2, 0.25) is 0 Å². The first-order chi connectivity index (χ1) is 28.8. The number of allylic oxidation sites excluding steroid dienone is 20. The number of nitrogens with two attached hydrogens (primary N) is 1. The number of rotatable bonds is 39. The zero-order valence-electron chi connectivity index (χ0n) is 36.4. The molecule has 0 aromatic heterocycles. The topological polar surface area (TPSA) is 134 Å². The average molecular weight is 840 g/mol. The van der Waals surface area contributed by atoms with Crippen LogP contribution in [0.4, 0.5) is 0 Å². The monoisotopic (exact) mass is 840 g/mol. The van der Waals surface area contributed by atoms with Crippen LogP contribution in [0.5, 0.6) is 0 Å². The normalized spacial score (nSPS) is 14.4. The first-order valence-corrected chi connectivity index (χ1v) is 23.5. The van der Waals surface area contributed by atoms with Gasteiger partial charge in [0, 0.05) is 19.4 Å². The molecule has 0 rings (SSSR count). The SMILES string of the molecule is CC/C=C\C/C=C\C/C=C\C/C=C\C/C=C\CCCCCCCC(=O)OC(COC(=O)CCC/C=C\C/C=C\C/C=C\C/C=C\C/C=C\CC)COP(=O)(O)OCCN. The Kier molecular flexibility index (Phi) is 41.3. The number of ether oxygens (including phenoxy) is 2. The second-order valence-corrected chi connectivity index (χ2v) is 15.2. The molecule has 0 amide bonds. The minimum Gasteiger partial charge on any atom is -0.462 e. The van der Waals surface area contributed by atoms with Gasteiger partial charge >= 0.3 is 19.8 Å². The molecule has 9 nitrogen and oxygen atoms in total. The number of carbonyl (C=O) groups is 2. The van der Waals surface area contributed by atoms with E-state index in [-0.39, 0.29) is 32.6 Å². The molecule has 0 aromatic carbocycles. The van der Waals surface area contributed by atoms with E-state index in [2.05, 4.69) is 129 Å². The van der Waals surface area contributed by atoms with E-state index >= 15 is 0 Å². The largest absolute Gasteiger partial charge is 0.472 e. The number of phosphoric acid groups is 1. The number of hydrogen-bond donors (Lipinski definition) is 2. The van der Waals surface area contributed by atoms with Gasteiger partial charge in [-0.05, 0) is 96.3 Å². The molecule has 59 heavy (non-hydrogen) atoms. The molecule has 2 unspecified atom stereocenters. The van der Waals surface area contributed by atoms with Gasteiger partial charge in [-0.15, -0.1) is 0 Å². The van der Waals surface area contributed by atoms with E-state index in [1.807, 2.05) is 6.08 Å². The zero-order valence-corrected chi connectivity index (χ0v) is 37.3. The predicted octanol–water partition coefficient (Wildman–Crippen LogP) is 12.9. The molecule has 3 N–H and O–H groups in total. The van der Waals surface area contributed by atoms with Gasteiger partial charge in [-0.2, -0.15) is 0 Å². The van der Waals surface area contributed by atoms with Gasteiger partial charge in [0.25, 0.3) is 0 Å². The zero-order chi connectivity index (χ0) is 43.2. The summed E-state index contributed by atoms with van der Waals surface area (Å²) in [6, 6.07) is 0. The maximum Gasteiger partial charge on any atom is 0.472 e. The molecule has 0 bridgehead atoms. The molecular formula is C49H78NO8P. The highest BCUT2D eigenvalue weighted by Crippen LogP contribution is 2.43. The Morgan fingerprint density at radius 3 is 1.36 bits per heavy atom. The molecule has 0 saturated carbocycles. The van der Waals surface area contributed by atoms with Crippen LogP contribution in [-0.4, -0.2) is 49.3 Å². The van der Waals surface area contributed by atoms with Crippen molar-refractivity contribution in [1.29, 1.82) is 0 Å². The summed E-state index contributed by atoms with van der Waals surface area (Å²) in [4.78, 5) is 34.9. The fourth-order valence-electron chi connectivity index (χ4n) is 5.16. The third-order valence-electron chi connectivity index (χ3n) is 8.34. The molecule has 332 valence electrons. The first kappa shape index (κ1) is 55.4. The van der Waals surface area contributed by atoms with Crippen LogP contribution in [-0.2, 0) is 32.7 Å². The van der Waals surface area contributed by atoms with E-state index in [1.165, 1.54) is 0 Å². The molecule has 2 atom stereocenters. The van der Waals surface area contributed by atoms with Gasteiger partial charge in [-0.3, -0.25) is 18.6 Å². The third kappa shape index (κ3) is 43.8. The van der Waals surface area contributed by atoms with E-state index in [9.17, 15) is 19.0 Å². The van der Waals surface area contributed by atoms with E-state index in [0.29, 0.717) is 12.8 Å². The minimum absolute atomic E-state index is 0.0347. The lowest BCUT2D eigenvalue weighted by Gasteiger charge is -2.19. The quantitative estimate of drug-likeness (QED) is 0.0268. The number of hydrogen-bond acceptors (Lipinski definition) is 8. The molecule has 0 radical (unpaired) electrons. The number of phosphoric ester groups is 1. The maximum absolute atomic E-state index is 12.6. The van der Waals surface area contributed by atoms with Crippen LogP contribution >= 0.6 is 7.82 Å². The second-order valence-electron chi connectivity index (χ2n) is 13.8. The van der Waals surface area contributed by atoms with Gasteiger partial charge in [-0.25, -0.2) is 4.57 Å². The number of esters is 2. The van der Waals surface area contributed by atoms with E-state index in [4.69, 9.17) is 24.3 Å². The van der Waals surface area contributed by atoms with Crippen LogP contribution in [0.25, 0.3) is 0 Å². The van der Waals surface area contributed by atoms with Crippen molar-refractivity contribution in [2.24, 2.45) is 5.73 Å². The summed E-state index contributed by atoms with van der Waals surface area (Å²) in [5.41, 5.74) is 5.34. The van der Waals surface area contributed by atoms with Gasteiger partial charge in [0.1, 0.15) is 6.61 Å². The van der Waals surface area contributed by atoms with Crippen molar-refractivity contribution in [3.05, 3.63) is 122 Å². The molecule has 0 aliphatic heterocycles. The fourth-order valence-corrected chi connectivity index (χ4v) is 5.93. The van der Waals surface area contributed by atoms with Crippen molar-refractivity contribution in [2.45, 2.75) is 148 Å². The molecule has 10 heteroatoms. The van der Waals surface area contributed by atoms with Crippen LogP contribution in [0.15, 0.2) is 122 Å².